The van der Waals surface area contributed by atoms with Gasteiger partial charge in [-0.2, -0.15) is 0 Å². The zero-order valence-corrected chi connectivity index (χ0v) is 18.4. The van der Waals surface area contributed by atoms with Crippen LogP contribution in [0.15, 0.2) is 76.0 Å². The molecule has 8 heteroatoms. The molecule has 0 aliphatic carbocycles. The van der Waals surface area contributed by atoms with E-state index in [9.17, 15) is 4.79 Å². The van der Waals surface area contributed by atoms with Crippen LogP contribution in [0.3, 0.4) is 0 Å². The summed E-state index contributed by atoms with van der Waals surface area (Å²) < 4.78 is 2.08. The third-order valence-corrected chi connectivity index (χ3v) is 6.85. The fourth-order valence-corrected chi connectivity index (χ4v) is 5.26. The minimum absolute atomic E-state index is 0.109. The number of nitrogens with one attached hydrogen (secondary N) is 1. The minimum Gasteiger partial charge on any atom is -0.309 e. The molecule has 5 rings (SSSR count). The first-order valence-corrected chi connectivity index (χ1v) is 11.7. The Morgan fingerprint density at radius 3 is 2.55 bits per heavy atom. The number of aromatic amines is 1. The summed E-state index contributed by atoms with van der Waals surface area (Å²) in [4.78, 5) is 21.3. The number of benzene rings is 2. The summed E-state index contributed by atoms with van der Waals surface area (Å²) in [6.07, 6.45) is 0. The van der Waals surface area contributed by atoms with Gasteiger partial charge in [-0.3, -0.25) is 4.79 Å². The normalized spacial score (nSPS) is 11.3. The summed E-state index contributed by atoms with van der Waals surface area (Å²) in [7, 11) is 0. The van der Waals surface area contributed by atoms with Gasteiger partial charge in [0.05, 0.1) is 17.7 Å². The maximum absolute atomic E-state index is 12.8. The van der Waals surface area contributed by atoms with E-state index in [0.29, 0.717) is 23.5 Å². The third-order valence-electron chi connectivity index (χ3n) is 5.00. The minimum atomic E-state index is -0.109. The number of fused-ring (bicyclic) bond motifs is 1. The monoisotopic (exact) mass is 445 g/mol. The first-order valence-electron chi connectivity index (χ1n) is 9.81. The molecular formula is C23H19N5OS2. The number of nitrogens with zero attached hydrogens (tertiary/aromatic N) is 4. The summed E-state index contributed by atoms with van der Waals surface area (Å²) in [5, 5.41) is 12.0. The Kier molecular flexibility index (Phi) is 5.40. The predicted molar refractivity (Wildman–Crippen MR) is 126 cm³/mol. The van der Waals surface area contributed by atoms with Gasteiger partial charge in [0.15, 0.2) is 5.16 Å². The van der Waals surface area contributed by atoms with Crippen LogP contribution in [0.4, 0.5) is 0 Å². The molecule has 0 unspecified atom stereocenters. The van der Waals surface area contributed by atoms with Gasteiger partial charge >= 0.3 is 0 Å². The van der Waals surface area contributed by atoms with Crippen LogP contribution >= 0.6 is 23.1 Å². The van der Waals surface area contributed by atoms with Gasteiger partial charge < -0.3 is 9.55 Å². The first-order chi connectivity index (χ1) is 15.2. The van der Waals surface area contributed by atoms with Crippen molar-refractivity contribution in [2.45, 2.75) is 24.4 Å². The third kappa shape index (κ3) is 4.04. The zero-order valence-electron chi connectivity index (χ0n) is 16.8. The van der Waals surface area contributed by atoms with E-state index >= 15 is 0 Å². The summed E-state index contributed by atoms with van der Waals surface area (Å²) in [6.45, 7) is 2.65. The molecule has 0 fully saturated rings. The average Bonchev–Trinajstić information content (AvgIpc) is 3.38. The van der Waals surface area contributed by atoms with E-state index in [1.807, 2.05) is 60.8 Å². The molecule has 0 aliphatic heterocycles. The van der Waals surface area contributed by atoms with Gasteiger partial charge in [-0.05, 0) is 18.1 Å². The van der Waals surface area contributed by atoms with Gasteiger partial charge in [-0.25, -0.2) is 4.98 Å². The highest BCUT2D eigenvalue weighted by Gasteiger charge is 2.15. The van der Waals surface area contributed by atoms with E-state index in [2.05, 4.69) is 31.9 Å². The maximum Gasteiger partial charge on any atom is 0.260 e. The molecule has 0 amide bonds. The van der Waals surface area contributed by atoms with Crippen molar-refractivity contribution in [3.05, 3.63) is 93.6 Å². The molecule has 3 heterocycles. The van der Waals surface area contributed by atoms with Crippen LogP contribution in [0.1, 0.15) is 17.2 Å². The van der Waals surface area contributed by atoms with Gasteiger partial charge in [0.25, 0.3) is 5.56 Å². The molecule has 0 bridgehead atoms. The molecule has 0 radical (unpaired) electrons. The molecule has 154 valence electrons. The fraction of sp³-hybridized carbons (Fsp3) is 0.130. The molecule has 31 heavy (non-hydrogen) atoms. The van der Waals surface area contributed by atoms with Gasteiger partial charge in [0.2, 0.25) is 0 Å². The standard InChI is InChI=1S/C23H19N5OS2/c1-15-26-27-23(28(15)12-16-8-4-2-5-9-16)31-14-19-24-21(29)20-18(13-30-22(20)25-19)17-10-6-3-7-11-17/h2-11,13H,12,14H2,1H3,(H,24,25,29). The Bertz CT molecular complexity index is 1390. The molecule has 6 nitrogen and oxygen atoms in total. The number of H-pyrrole nitrogens is 1. The van der Waals surface area contributed by atoms with Gasteiger partial charge in [0.1, 0.15) is 16.5 Å². The molecule has 3 aromatic heterocycles. The van der Waals surface area contributed by atoms with Crippen molar-refractivity contribution in [1.29, 1.82) is 0 Å². The van der Waals surface area contributed by atoms with Crippen LogP contribution in [-0.2, 0) is 12.3 Å². The topological polar surface area (TPSA) is 76.5 Å². The lowest BCUT2D eigenvalue weighted by molar-refractivity contribution is 0.688. The summed E-state index contributed by atoms with van der Waals surface area (Å²) in [6, 6.07) is 20.1. The number of aryl methyl sites for hydroxylation is 1. The molecule has 1 N–H and O–H groups in total. The Hall–Kier alpha value is -3.23. The summed E-state index contributed by atoms with van der Waals surface area (Å²) in [5.74, 6) is 2.00. The SMILES string of the molecule is Cc1nnc(SCc2nc3scc(-c4ccccc4)c3c(=O)[nH]2)n1Cc1ccccc1. The van der Waals surface area contributed by atoms with E-state index in [1.54, 1.807) is 0 Å². The molecule has 0 atom stereocenters. The second kappa shape index (κ2) is 8.49. The molecule has 0 spiro atoms. The maximum atomic E-state index is 12.8. The second-order valence-electron chi connectivity index (χ2n) is 7.10. The van der Waals surface area contributed by atoms with Crippen molar-refractivity contribution in [2.24, 2.45) is 0 Å². The van der Waals surface area contributed by atoms with E-state index in [0.717, 1.165) is 26.9 Å². The van der Waals surface area contributed by atoms with E-state index in [1.165, 1.54) is 28.7 Å². The van der Waals surface area contributed by atoms with E-state index in [4.69, 9.17) is 4.98 Å². The lowest BCUT2D eigenvalue weighted by Crippen LogP contribution is -2.11. The number of hydrogen-bond acceptors (Lipinski definition) is 6. The predicted octanol–water partition coefficient (Wildman–Crippen LogP) is 4.89. The molecule has 0 saturated heterocycles. The number of rotatable bonds is 6. The second-order valence-corrected chi connectivity index (χ2v) is 8.90. The van der Waals surface area contributed by atoms with Crippen molar-refractivity contribution in [1.82, 2.24) is 24.7 Å². The van der Waals surface area contributed by atoms with E-state index < -0.39 is 0 Å². The number of thioether (sulfide) groups is 1. The van der Waals surface area contributed by atoms with Crippen LogP contribution in [0.25, 0.3) is 21.3 Å². The van der Waals surface area contributed by atoms with Crippen molar-refractivity contribution >= 4 is 33.3 Å². The molecule has 2 aromatic carbocycles. The Labute approximate surface area is 187 Å². The molecular weight excluding hydrogens is 426 g/mol. The largest absolute Gasteiger partial charge is 0.309 e. The highest BCUT2D eigenvalue weighted by molar-refractivity contribution is 7.98. The zero-order chi connectivity index (χ0) is 21.2. The highest BCUT2D eigenvalue weighted by Crippen LogP contribution is 2.31. The Morgan fingerprint density at radius 2 is 1.77 bits per heavy atom. The molecule has 0 saturated carbocycles. The first kappa shape index (κ1) is 19.7. The lowest BCUT2D eigenvalue weighted by atomic mass is 10.1. The van der Waals surface area contributed by atoms with Crippen molar-refractivity contribution < 1.29 is 0 Å². The Balaban J connectivity index is 1.40. The van der Waals surface area contributed by atoms with Crippen molar-refractivity contribution in [2.75, 3.05) is 0 Å². The van der Waals surface area contributed by atoms with Gasteiger partial charge in [0, 0.05) is 10.9 Å². The van der Waals surface area contributed by atoms with Gasteiger partial charge in [-0.1, -0.05) is 72.4 Å². The average molecular weight is 446 g/mol. The van der Waals surface area contributed by atoms with E-state index in [-0.39, 0.29) is 5.56 Å². The lowest BCUT2D eigenvalue weighted by Gasteiger charge is -2.08. The molecule has 0 aliphatic rings. The van der Waals surface area contributed by atoms with Crippen LogP contribution in [0.5, 0.6) is 0 Å². The van der Waals surface area contributed by atoms with Crippen molar-refractivity contribution in [3.8, 4) is 11.1 Å². The van der Waals surface area contributed by atoms with Crippen molar-refractivity contribution in [3.63, 3.8) is 0 Å². The Morgan fingerprint density at radius 1 is 1.03 bits per heavy atom. The molecule has 5 aromatic rings. The highest BCUT2D eigenvalue weighted by atomic mass is 32.2. The smallest absolute Gasteiger partial charge is 0.260 e. The van der Waals surface area contributed by atoms with Crippen LogP contribution in [-0.4, -0.2) is 24.7 Å². The number of aromatic nitrogens is 5. The van der Waals surface area contributed by atoms with Crippen LogP contribution in [0.2, 0.25) is 0 Å². The quantitative estimate of drug-likeness (QED) is 0.377. The fourth-order valence-electron chi connectivity index (χ4n) is 3.44. The number of thiophene rings is 1. The van der Waals surface area contributed by atoms with Gasteiger partial charge in [-0.15, -0.1) is 21.5 Å². The van der Waals surface area contributed by atoms with Crippen LogP contribution < -0.4 is 5.56 Å². The summed E-state index contributed by atoms with van der Waals surface area (Å²) >= 11 is 3.02. The number of hydrogen-bond donors (Lipinski definition) is 1. The van der Waals surface area contributed by atoms with Crippen LogP contribution in [0, 0.1) is 6.92 Å². The summed E-state index contributed by atoms with van der Waals surface area (Å²) in [5.41, 5.74) is 3.02.